The first-order chi connectivity index (χ1) is 18.7. The lowest BCUT2D eigenvalue weighted by atomic mass is 9.73. The standard InChI is InChI=1S/C28H37FN6O3S/c1-17-25(24-18(2)33-38-19(24)3)31-26(22-12-21(6-7-23(22)29)37-14-20(36)13-30-4)32-27(17)34-10-8-28(9-11-34)15-35(16-28)39-5/h6-7,12,20,30,36H,8-11,13-16H2,1-5H3. The summed E-state index contributed by atoms with van der Waals surface area (Å²) in [6.07, 6.45) is 3.64. The minimum absolute atomic E-state index is 0.0831. The molecule has 2 fully saturated rings. The predicted octanol–water partition coefficient (Wildman–Crippen LogP) is 4.00. The zero-order valence-electron chi connectivity index (χ0n) is 23.3. The molecule has 1 atom stereocenters. The summed E-state index contributed by atoms with van der Waals surface area (Å²) in [7, 11) is 1.76. The molecule has 0 radical (unpaired) electrons. The molecule has 9 nitrogen and oxygen atoms in total. The fourth-order valence-electron chi connectivity index (χ4n) is 5.59. The minimum atomic E-state index is -0.682. The molecule has 2 aliphatic rings. The van der Waals surface area contributed by atoms with Crippen molar-refractivity contribution in [2.24, 2.45) is 5.41 Å². The Hall–Kier alpha value is -2.73. The smallest absolute Gasteiger partial charge is 0.165 e. The van der Waals surface area contributed by atoms with Gasteiger partial charge in [-0.15, -0.1) is 0 Å². The summed E-state index contributed by atoms with van der Waals surface area (Å²) in [5.41, 5.74) is 3.77. The van der Waals surface area contributed by atoms with E-state index in [0.29, 0.717) is 29.2 Å². The molecule has 0 amide bonds. The third-order valence-corrected chi connectivity index (χ3v) is 8.63. The Morgan fingerprint density at radius 1 is 1.21 bits per heavy atom. The lowest BCUT2D eigenvalue weighted by Gasteiger charge is -2.53. The largest absolute Gasteiger partial charge is 0.491 e. The van der Waals surface area contributed by atoms with E-state index in [9.17, 15) is 5.11 Å². The molecule has 2 N–H and O–H groups in total. The van der Waals surface area contributed by atoms with Gasteiger partial charge in [0.15, 0.2) is 5.82 Å². The first-order valence-corrected chi connectivity index (χ1v) is 14.5. The van der Waals surface area contributed by atoms with Crippen LogP contribution < -0.4 is 15.0 Å². The lowest BCUT2D eigenvalue weighted by Crippen LogP contribution is -2.57. The summed E-state index contributed by atoms with van der Waals surface area (Å²) in [6.45, 7) is 10.3. The Labute approximate surface area is 233 Å². The minimum Gasteiger partial charge on any atom is -0.491 e. The number of aryl methyl sites for hydroxylation is 2. The highest BCUT2D eigenvalue weighted by atomic mass is 32.2. The first-order valence-electron chi connectivity index (χ1n) is 13.3. The van der Waals surface area contributed by atoms with Crippen LogP contribution in [0.25, 0.3) is 22.6 Å². The van der Waals surface area contributed by atoms with Gasteiger partial charge in [0.1, 0.15) is 35.9 Å². The van der Waals surface area contributed by atoms with Crippen LogP contribution in [0.2, 0.25) is 0 Å². The van der Waals surface area contributed by atoms with E-state index in [1.807, 2.05) is 32.7 Å². The number of aromatic nitrogens is 3. The highest BCUT2D eigenvalue weighted by molar-refractivity contribution is 7.96. The number of anilines is 1. The van der Waals surface area contributed by atoms with Crippen LogP contribution in [-0.2, 0) is 0 Å². The summed E-state index contributed by atoms with van der Waals surface area (Å²) in [4.78, 5) is 12.1. The van der Waals surface area contributed by atoms with Crippen molar-refractivity contribution in [1.29, 1.82) is 0 Å². The predicted molar refractivity (Wildman–Crippen MR) is 152 cm³/mol. The van der Waals surface area contributed by atoms with Gasteiger partial charge in [-0.05, 0) is 65.1 Å². The molecule has 0 saturated carbocycles. The molecule has 2 saturated heterocycles. The second kappa shape index (κ2) is 11.4. The van der Waals surface area contributed by atoms with Crippen molar-refractivity contribution in [3.05, 3.63) is 41.0 Å². The highest BCUT2D eigenvalue weighted by Crippen LogP contribution is 2.44. The number of nitrogens with one attached hydrogen (secondary N) is 1. The molecule has 210 valence electrons. The summed E-state index contributed by atoms with van der Waals surface area (Å²) in [6, 6.07) is 4.51. The third-order valence-electron chi connectivity index (χ3n) is 7.86. The van der Waals surface area contributed by atoms with Gasteiger partial charge in [0.2, 0.25) is 0 Å². The second-order valence-corrected chi connectivity index (χ2v) is 11.6. The van der Waals surface area contributed by atoms with E-state index in [0.717, 1.165) is 61.7 Å². The first kappa shape index (κ1) is 27.8. The van der Waals surface area contributed by atoms with Crippen LogP contribution in [0, 0.1) is 32.0 Å². The molecule has 3 aromatic rings. The Balaban J connectivity index is 1.51. The Kier molecular flexibility index (Phi) is 8.14. The zero-order chi connectivity index (χ0) is 27.7. The van der Waals surface area contributed by atoms with E-state index >= 15 is 4.39 Å². The summed E-state index contributed by atoms with van der Waals surface area (Å²) < 4.78 is 28.9. The van der Waals surface area contributed by atoms with Crippen molar-refractivity contribution in [1.82, 2.24) is 24.7 Å². The average Bonchev–Trinajstić information content (AvgIpc) is 3.24. The van der Waals surface area contributed by atoms with Gasteiger partial charge in [-0.2, -0.15) is 0 Å². The number of ether oxygens (including phenoxy) is 1. The van der Waals surface area contributed by atoms with Gasteiger partial charge in [-0.3, -0.25) is 0 Å². The lowest BCUT2D eigenvalue weighted by molar-refractivity contribution is 0.0522. The van der Waals surface area contributed by atoms with Crippen LogP contribution >= 0.6 is 11.9 Å². The molecule has 1 spiro atoms. The van der Waals surface area contributed by atoms with E-state index in [1.165, 1.54) is 6.07 Å². The SMILES string of the molecule is CNCC(O)COc1ccc(F)c(-c2nc(-c3c(C)noc3C)c(C)c(N3CCC4(CC3)CN(SC)C4)n2)c1. The number of nitrogens with zero attached hydrogens (tertiary/aromatic N) is 5. The van der Waals surface area contributed by atoms with Crippen molar-refractivity contribution < 1.29 is 18.8 Å². The van der Waals surface area contributed by atoms with Crippen LogP contribution in [0.15, 0.2) is 22.7 Å². The van der Waals surface area contributed by atoms with Gasteiger partial charge in [0, 0.05) is 43.7 Å². The summed E-state index contributed by atoms with van der Waals surface area (Å²) >= 11 is 1.81. The number of rotatable bonds is 9. The number of likely N-dealkylation sites (N-methyl/N-ethyl adjacent to an activating group) is 1. The Morgan fingerprint density at radius 3 is 2.59 bits per heavy atom. The molecule has 1 unspecified atom stereocenters. The number of benzene rings is 1. The van der Waals surface area contributed by atoms with Crippen LogP contribution in [0.1, 0.15) is 29.9 Å². The number of halogens is 1. The molecule has 5 rings (SSSR count). The quantitative estimate of drug-likeness (QED) is 0.376. The van der Waals surface area contributed by atoms with Crippen LogP contribution in [0.4, 0.5) is 10.2 Å². The van der Waals surface area contributed by atoms with Crippen LogP contribution in [0.5, 0.6) is 5.75 Å². The van der Waals surface area contributed by atoms with Gasteiger partial charge in [0.25, 0.3) is 0 Å². The van der Waals surface area contributed by atoms with E-state index in [1.54, 1.807) is 19.2 Å². The van der Waals surface area contributed by atoms with Crippen LogP contribution in [0.3, 0.4) is 0 Å². The third kappa shape index (κ3) is 5.63. The maximum atomic E-state index is 15.3. The fraction of sp³-hybridized carbons (Fsp3) is 0.536. The van der Waals surface area contributed by atoms with Crippen molar-refractivity contribution in [3.8, 4) is 28.4 Å². The monoisotopic (exact) mass is 556 g/mol. The highest BCUT2D eigenvalue weighted by Gasteiger charge is 2.45. The van der Waals surface area contributed by atoms with Crippen molar-refractivity contribution in [3.63, 3.8) is 0 Å². The molecular formula is C28H37FN6O3S. The van der Waals surface area contributed by atoms with Gasteiger partial charge in [-0.25, -0.2) is 18.7 Å². The van der Waals surface area contributed by atoms with Crippen LogP contribution in [-0.4, -0.2) is 83.3 Å². The molecule has 2 aliphatic heterocycles. The second-order valence-electron chi connectivity index (χ2n) is 10.7. The number of aliphatic hydroxyl groups excluding tert-OH is 1. The maximum absolute atomic E-state index is 15.3. The number of hydrogen-bond donors (Lipinski definition) is 2. The Bertz CT molecular complexity index is 1300. The van der Waals surface area contributed by atoms with E-state index in [-0.39, 0.29) is 18.0 Å². The van der Waals surface area contributed by atoms with E-state index in [4.69, 9.17) is 19.2 Å². The molecule has 0 bridgehead atoms. The molecule has 1 aromatic carbocycles. The average molecular weight is 557 g/mol. The number of piperidine rings is 1. The van der Waals surface area contributed by atoms with Gasteiger partial charge >= 0.3 is 0 Å². The van der Waals surface area contributed by atoms with E-state index in [2.05, 4.69) is 25.9 Å². The molecule has 2 aromatic heterocycles. The summed E-state index contributed by atoms with van der Waals surface area (Å²) in [5, 5.41) is 17.1. The van der Waals surface area contributed by atoms with Crippen molar-refractivity contribution >= 4 is 17.8 Å². The molecule has 39 heavy (non-hydrogen) atoms. The molecule has 4 heterocycles. The maximum Gasteiger partial charge on any atom is 0.165 e. The van der Waals surface area contributed by atoms with Gasteiger partial charge in [-0.1, -0.05) is 17.1 Å². The fourth-order valence-corrected chi connectivity index (χ4v) is 6.40. The molecule has 11 heteroatoms. The van der Waals surface area contributed by atoms with Crippen molar-refractivity contribution in [2.75, 3.05) is 57.5 Å². The normalized spacial score (nSPS) is 17.9. The topological polar surface area (TPSA) is 99.8 Å². The van der Waals surface area contributed by atoms with Crippen molar-refractivity contribution in [2.45, 2.75) is 39.7 Å². The zero-order valence-corrected chi connectivity index (χ0v) is 24.1. The Morgan fingerprint density at radius 2 is 1.95 bits per heavy atom. The molecular weight excluding hydrogens is 519 g/mol. The molecule has 0 aliphatic carbocycles. The van der Waals surface area contributed by atoms with E-state index < -0.39 is 11.9 Å². The van der Waals surface area contributed by atoms with Gasteiger partial charge < -0.3 is 24.6 Å². The number of hydrogen-bond acceptors (Lipinski definition) is 10. The van der Waals surface area contributed by atoms with Gasteiger partial charge in [0.05, 0.1) is 22.5 Å². The summed E-state index contributed by atoms with van der Waals surface area (Å²) in [5.74, 6) is 1.74. The number of aliphatic hydroxyl groups is 1.